The molecule has 0 aromatic heterocycles. The highest BCUT2D eigenvalue weighted by Crippen LogP contribution is 2.36. The van der Waals surface area contributed by atoms with Gasteiger partial charge < -0.3 is 20.3 Å². The van der Waals surface area contributed by atoms with Crippen LogP contribution in [-0.2, 0) is 4.79 Å². The van der Waals surface area contributed by atoms with E-state index in [1.807, 2.05) is 6.07 Å². The Kier molecular flexibility index (Phi) is 4.52. The largest absolute Gasteiger partial charge is 0.493 e. The SMILES string of the molecule is COc1cc(C#N)cc(C(N)CC(=O)O)c1OC. The number of ether oxygens (including phenoxy) is 2. The minimum atomic E-state index is -1.02. The summed E-state index contributed by atoms with van der Waals surface area (Å²) in [6, 6.07) is 4.22. The monoisotopic (exact) mass is 250 g/mol. The van der Waals surface area contributed by atoms with E-state index in [1.165, 1.54) is 26.4 Å². The van der Waals surface area contributed by atoms with Crippen molar-refractivity contribution in [3.63, 3.8) is 0 Å². The van der Waals surface area contributed by atoms with Crippen molar-refractivity contribution in [1.82, 2.24) is 0 Å². The molecule has 18 heavy (non-hydrogen) atoms. The number of nitrogens with two attached hydrogens (primary N) is 1. The summed E-state index contributed by atoms with van der Waals surface area (Å²) >= 11 is 0. The summed E-state index contributed by atoms with van der Waals surface area (Å²) in [6.45, 7) is 0. The number of carboxylic acid groups (broad SMARTS) is 1. The molecule has 6 heteroatoms. The van der Waals surface area contributed by atoms with E-state index in [4.69, 9.17) is 25.6 Å². The molecule has 0 bridgehead atoms. The topological polar surface area (TPSA) is 106 Å². The van der Waals surface area contributed by atoms with Gasteiger partial charge in [-0.15, -0.1) is 0 Å². The van der Waals surface area contributed by atoms with Gasteiger partial charge in [-0.25, -0.2) is 0 Å². The molecule has 3 N–H and O–H groups in total. The first-order valence-corrected chi connectivity index (χ1v) is 5.16. The second kappa shape index (κ2) is 5.89. The Hall–Kier alpha value is -2.26. The average Bonchev–Trinajstić information content (AvgIpc) is 2.35. The van der Waals surface area contributed by atoms with Crippen molar-refractivity contribution < 1.29 is 19.4 Å². The van der Waals surface area contributed by atoms with Crippen LogP contribution in [0.2, 0.25) is 0 Å². The lowest BCUT2D eigenvalue weighted by Gasteiger charge is -2.17. The van der Waals surface area contributed by atoms with Crippen LogP contribution < -0.4 is 15.2 Å². The zero-order valence-electron chi connectivity index (χ0n) is 10.1. The number of benzene rings is 1. The van der Waals surface area contributed by atoms with Crippen molar-refractivity contribution in [3.8, 4) is 17.6 Å². The molecule has 0 aliphatic carbocycles. The molecule has 1 atom stereocenters. The summed E-state index contributed by atoms with van der Waals surface area (Å²) in [4.78, 5) is 10.7. The summed E-state index contributed by atoms with van der Waals surface area (Å²) in [7, 11) is 2.87. The summed E-state index contributed by atoms with van der Waals surface area (Å²) in [5, 5.41) is 17.7. The Balaban J connectivity index is 3.31. The molecule has 1 rings (SSSR count). The Bertz CT molecular complexity index is 494. The summed E-state index contributed by atoms with van der Waals surface area (Å²) in [5.74, 6) is -0.316. The van der Waals surface area contributed by atoms with Crippen LogP contribution in [0.1, 0.15) is 23.6 Å². The fourth-order valence-electron chi connectivity index (χ4n) is 1.63. The van der Waals surface area contributed by atoms with Crippen LogP contribution in [0, 0.1) is 11.3 Å². The number of nitrogens with zero attached hydrogens (tertiary/aromatic N) is 1. The fourth-order valence-corrected chi connectivity index (χ4v) is 1.63. The van der Waals surface area contributed by atoms with E-state index in [2.05, 4.69) is 0 Å². The van der Waals surface area contributed by atoms with Crippen LogP contribution in [-0.4, -0.2) is 25.3 Å². The van der Waals surface area contributed by atoms with Gasteiger partial charge in [0.25, 0.3) is 0 Å². The molecule has 0 aliphatic heterocycles. The van der Waals surface area contributed by atoms with Gasteiger partial charge in [-0.05, 0) is 6.07 Å². The number of aliphatic carboxylic acids is 1. The molecule has 0 heterocycles. The molecular formula is C12H14N2O4. The van der Waals surface area contributed by atoms with Gasteiger partial charge in [0.2, 0.25) is 0 Å². The number of rotatable bonds is 5. The zero-order valence-corrected chi connectivity index (χ0v) is 10.1. The van der Waals surface area contributed by atoms with Gasteiger partial charge in [-0.1, -0.05) is 0 Å². The predicted octanol–water partition coefficient (Wildman–Crippen LogP) is 1.05. The number of methoxy groups -OCH3 is 2. The maximum Gasteiger partial charge on any atom is 0.305 e. The third-order valence-electron chi connectivity index (χ3n) is 2.43. The van der Waals surface area contributed by atoms with E-state index < -0.39 is 12.0 Å². The molecule has 0 spiro atoms. The lowest BCUT2D eigenvalue weighted by molar-refractivity contribution is -0.137. The van der Waals surface area contributed by atoms with E-state index >= 15 is 0 Å². The molecule has 0 aliphatic rings. The smallest absolute Gasteiger partial charge is 0.305 e. The first-order chi connectivity index (χ1) is 8.53. The highest BCUT2D eigenvalue weighted by molar-refractivity contribution is 5.68. The van der Waals surface area contributed by atoms with E-state index in [0.717, 1.165) is 0 Å². The van der Waals surface area contributed by atoms with Crippen LogP contribution in [0.3, 0.4) is 0 Å². The minimum Gasteiger partial charge on any atom is -0.493 e. The first kappa shape index (κ1) is 13.8. The van der Waals surface area contributed by atoms with Gasteiger partial charge in [0.1, 0.15) is 0 Å². The zero-order chi connectivity index (χ0) is 13.7. The third-order valence-corrected chi connectivity index (χ3v) is 2.43. The van der Waals surface area contributed by atoms with Crippen molar-refractivity contribution in [3.05, 3.63) is 23.3 Å². The Labute approximate surface area is 105 Å². The van der Waals surface area contributed by atoms with Crippen LogP contribution >= 0.6 is 0 Å². The van der Waals surface area contributed by atoms with Gasteiger partial charge in [0.05, 0.1) is 32.3 Å². The molecule has 0 saturated heterocycles. The standard InChI is InChI=1S/C12H14N2O4/c1-17-10-4-7(6-13)3-8(12(10)18-2)9(14)5-11(15)16/h3-4,9H,5,14H2,1-2H3,(H,15,16). The molecule has 0 fully saturated rings. The van der Waals surface area contributed by atoms with Gasteiger partial charge >= 0.3 is 5.97 Å². The number of nitriles is 1. The highest BCUT2D eigenvalue weighted by Gasteiger charge is 2.20. The number of hydrogen-bond donors (Lipinski definition) is 2. The number of hydrogen-bond acceptors (Lipinski definition) is 5. The molecule has 0 saturated carbocycles. The highest BCUT2D eigenvalue weighted by atomic mass is 16.5. The summed E-state index contributed by atoms with van der Waals surface area (Å²) in [5.41, 5.74) is 6.57. The van der Waals surface area contributed by atoms with E-state index in [0.29, 0.717) is 22.6 Å². The Morgan fingerprint density at radius 2 is 2.17 bits per heavy atom. The van der Waals surface area contributed by atoms with Gasteiger partial charge in [-0.2, -0.15) is 5.26 Å². The molecule has 1 unspecified atom stereocenters. The van der Waals surface area contributed by atoms with Gasteiger partial charge in [0, 0.05) is 17.7 Å². The first-order valence-electron chi connectivity index (χ1n) is 5.16. The number of carbonyl (C=O) groups is 1. The van der Waals surface area contributed by atoms with Crippen molar-refractivity contribution in [2.75, 3.05) is 14.2 Å². The van der Waals surface area contributed by atoms with Crippen molar-refractivity contribution in [2.24, 2.45) is 5.73 Å². The van der Waals surface area contributed by atoms with Crippen molar-refractivity contribution >= 4 is 5.97 Å². The molecule has 0 amide bonds. The van der Waals surface area contributed by atoms with Crippen molar-refractivity contribution in [1.29, 1.82) is 5.26 Å². The van der Waals surface area contributed by atoms with Crippen LogP contribution in [0.5, 0.6) is 11.5 Å². The normalized spacial score (nSPS) is 11.4. The predicted molar refractivity (Wildman–Crippen MR) is 63.4 cm³/mol. The Morgan fingerprint density at radius 1 is 1.50 bits per heavy atom. The molecular weight excluding hydrogens is 236 g/mol. The fraction of sp³-hybridized carbons (Fsp3) is 0.333. The third kappa shape index (κ3) is 2.90. The Morgan fingerprint density at radius 3 is 2.61 bits per heavy atom. The van der Waals surface area contributed by atoms with Gasteiger partial charge in [-0.3, -0.25) is 4.79 Å². The van der Waals surface area contributed by atoms with E-state index in [9.17, 15) is 4.79 Å². The van der Waals surface area contributed by atoms with Crippen LogP contribution in [0.15, 0.2) is 12.1 Å². The summed E-state index contributed by atoms with van der Waals surface area (Å²) in [6.07, 6.45) is -0.256. The molecule has 6 nitrogen and oxygen atoms in total. The molecule has 1 aromatic rings. The molecule has 96 valence electrons. The van der Waals surface area contributed by atoms with E-state index in [1.54, 1.807) is 0 Å². The number of carboxylic acids is 1. The second-order valence-electron chi connectivity index (χ2n) is 3.62. The van der Waals surface area contributed by atoms with Gasteiger partial charge in [0.15, 0.2) is 11.5 Å². The van der Waals surface area contributed by atoms with Crippen LogP contribution in [0.4, 0.5) is 0 Å². The maximum absolute atomic E-state index is 10.7. The minimum absolute atomic E-state index is 0.256. The van der Waals surface area contributed by atoms with Crippen LogP contribution in [0.25, 0.3) is 0 Å². The van der Waals surface area contributed by atoms with Crippen molar-refractivity contribution in [2.45, 2.75) is 12.5 Å². The lowest BCUT2D eigenvalue weighted by atomic mass is 10.0. The summed E-state index contributed by atoms with van der Waals surface area (Å²) < 4.78 is 10.3. The average molecular weight is 250 g/mol. The van der Waals surface area contributed by atoms with E-state index in [-0.39, 0.29) is 6.42 Å². The molecule has 1 aromatic carbocycles. The quantitative estimate of drug-likeness (QED) is 0.809. The lowest BCUT2D eigenvalue weighted by Crippen LogP contribution is -2.16. The molecule has 0 radical (unpaired) electrons. The second-order valence-corrected chi connectivity index (χ2v) is 3.62. The maximum atomic E-state index is 10.7.